The van der Waals surface area contributed by atoms with Gasteiger partial charge in [-0.3, -0.25) is 4.68 Å². The summed E-state index contributed by atoms with van der Waals surface area (Å²) in [5, 5.41) is 8.06. The molecular formula is C16H20BrN3. The van der Waals surface area contributed by atoms with E-state index in [9.17, 15) is 0 Å². The largest absolute Gasteiger partial charge is 0.308 e. The summed E-state index contributed by atoms with van der Waals surface area (Å²) in [4.78, 5) is 0. The number of rotatable bonds is 5. The molecule has 3 rings (SSSR count). The molecule has 2 aromatic rings. The summed E-state index contributed by atoms with van der Waals surface area (Å²) in [6.45, 7) is 3.12. The summed E-state index contributed by atoms with van der Waals surface area (Å²) in [6, 6.07) is 11.2. The van der Waals surface area contributed by atoms with Crippen LogP contribution in [0.1, 0.15) is 37.1 Å². The van der Waals surface area contributed by atoms with E-state index in [4.69, 9.17) is 0 Å². The van der Waals surface area contributed by atoms with Gasteiger partial charge in [-0.1, -0.05) is 37.3 Å². The summed E-state index contributed by atoms with van der Waals surface area (Å²) < 4.78 is 3.08. The van der Waals surface area contributed by atoms with Crippen LogP contribution in [0.15, 0.2) is 41.0 Å². The molecule has 0 aliphatic heterocycles. The van der Waals surface area contributed by atoms with E-state index in [0.717, 1.165) is 11.0 Å². The lowest BCUT2D eigenvalue weighted by Crippen LogP contribution is -2.34. The summed E-state index contributed by atoms with van der Waals surface area (Å²) in [5.41, 5.74) is 2.89. The van der Waals surface area contributed by atoms with Crippen molar-refractivity contribution in [3.8, 4) is 0 Å². The third kappa shape index (κ3) is 2.21. The minimum atomic E-state index is 0.216. The molecule has 1 aromatic heterocycles. The number of likely N-dealkylation sites (N-methyl/N-ethyl adjacent to an activating group) is 1. The fourth-order valence-electron chi connectivity index (χ4n) is 3.15. The third-order valence-corrected chi connectivity index (χ3v) is 4.92. The van der Waals surface area contributed by atoms with Crippen molar-refractivity contribution in [2.45, 2.75) is 31.2 Å². The minimum absolute atomic E-state index is 0.216. The molecule has 1 aliphatic rings. The van der Waals surface area contributed by atoms with E-state index >= 15 is 0 Å². The van der Waals surface area contributed by atoms with E-state index < -0.39 is 0 Å². The highest BCUT2D eigenvalue weighted by Crippen LogP contribution is 2.57. The lowest BCUT2D eigenvalue weighted by Gasteiger charge is -2.29. The van der Waals surface area contributed by atoms with Gasteiger partial charge in [0.15, 0.2) is 0 Å². The Balaban J connectivity index is 2.04. The van der Waals surface area contributed by atoms with Crippen LogP contribution in [-0.2, 0) is 12.5 Å². The molecule has 0 amide bonds. The van der Waals surface area contributed by atoms with Crippen molar-refractivity contribution in [3.63, 3.8) is 0 Å². The number of hydrogen-bond acceptors (Lipinski definition) is 2. The molecule has 1 aromatic carbocycles. The Labute approximate surface area is 128 Å². The number of aryl methyl sites for hydroxylation is 1. The molecule has 1 unspecified atom stereocenters. The van der Waals surface area contributed by atoms with Crippen LogP contribution in [0.4, 0.5) is 0 Å². The first kappa shape index (κ1) is 13.8. The zero-order chi connectivity index (χ0) is 14.2. The van der Waals surface area contributed by atoms with Gasteiger partial charge >= 0.3 is 0 Å². The SMILES string of the molecule is CCNC(c1c(Br)cnn1C)C1(c2ccccc2)CC1. The first-order valence-corrected chi connectivity index (χ1v) is 7.94. The normalized spacial score (nSPS) is 17.9. The van der Waals surface area contributed by atoms with E-state index in [1.165, 1.54) is 24.1 Å². The zero-order valence-corrected chi connectivity index (χ0v) is 13.5. The van der Waals surface area contributed by atoms with Crippen molar-refractivity contribution < 1.29 is 0 Å². The number of nitrogens with one attached hydrogen (secondary N) is 1. The molecule has 0 radical (unpaired) electrons. The molecule has 3 nitrogen and oxygen atoms in total. The molecule has 0 spiro atoms. The quantitative estimate of drug-likeness (QED) is 0.906. The van der Waals surface area contributed by atoms with Gasteiger partial charge in [-0.05, 0) is 40.9 Å². The summed E-state index contributed by atoms with van der Waals surface area (Å²) in [6.07, 6.45) is 4.35. The van der Waals surface area contributed by atoms with Gasteiger partial charge in [0.1, 0.15) is 0 Å². The highest BCUT2D eigenvalue weighted by Gasteiger charge is 2.52. The lowest BCUT2D eigenvalue weighted by atomic mass is 9.86. The molecule has 1 atom stereocenters. The molecular weight excluding hydrogens is 314 g/mol. The van der Waals surface area contributed by atoms with Gasteiger partial charge in [0.25, 0.3) is 0 Å². The molecule has 1 N–H and O–H groups in total. The van der Waals surface area contributed by atoms with E-state index in [-0.39, 0.29) is 5.41 Å². The monoisotopic (exact) mass is 333 g/mol. The Morgan fingerprint density at radius 2 is 2.05 bits per heavy atom. The van der Waals surface area contributed by atoms with E-state index in [1.54, 1.807) is 0 Å². The number of hydrogen-bond donors (Lipinski definition) is 1. The Morgan fingerprint density at radius 1 is 1.35 bits per heavy atom. The Hall–Kier alpha value is -1.13. The Bertz CT molecular complexity index is 568. The van der Waals surface area contributed by atoms with Crippen molar-refractivity contribution >= 4 is 15.9 Å². The zero-order valence-electron chi connectivity index (χ0n) is 11.9. The molecule has 1 heterocycles. The lowest BCUT2D eigenvalue weighted by molar-refractivity contribution is 0.412. The van der Waals surface area contributed by atoms with Crippen LogP contribution in [0, 0.1) is 0 Å². The molecule has 1 saturated carbocycles. The predicted molar refractivity (Wildman–Crippen MR) is 84.7 cm³/mol. The fraction of sp³-hybridized carbons (Fsp3) is 0.438. The van der Waals surface area contributed by atoms with Crippen LogP contribution in [0.2, 0.25) is 0 Å². The maximum Gasteiger partial charge on any atom is 0.0701 e. The maximum atomic E-state index is 4.38. The van der Waals surface area contributed by atoms with Gasteiger partial charge in [0.2, 0.25) is 0 Å². The molecule has 0 bridgehead atoms. The predicted octanol–water partition coefficient (Wildman–Crippen LogP) is 3.57. The van der Waals surface area contributed by atoms with Crippen molar-refractivity contribution in [3.05, 3.63) is 52.3 Å². The van der Waals surface area contributed by atoms with Gasteiger partial charge in [-0.2, -0.15) is 5.10 Å². The van der Waals surface area contributed by atoms with Gasteiger partial charge in [0, 0.05) is 12.5 Å². The van der Waals surface area contributed by atoms with Crippen molar-refractivity contribution in [1.29, 1.82) is 0 Å². The first-order valence-electron chi connectivity index (χ1n) is 7.15. The molecule has 20 heavy (non-hydrogen) atoms. The maximum absolute atomic E-state index is 4.38. The molecule has 0 saturated heterocycles. The highest BCUT2D eigenvalue weighted by atomic mass is 79.9. The van der Waals surface area contributed by atoms with Crippen molar-refractivity contribution in [2.75, 3.05) is 6.54 Å². The topological polar surface area (TPSA) is 29.9 Å². The summed E-state index contributed by atoms with van der Waals surface area (Å²) in [5.74, 6) is 0. The second kappa shape index (κ2) is 5.34. The molecule has 1 aliphatic carbocycles. The Morgan fingerprint density at radius 3 is 2.55 bits per heavy atom. The van der Waals surface area contributed by atoms with Crippen LogP contribution >= 0.6 is 15.9 Å². The van der Waals surface area contributed by atoms with Crippen LogP contribution in [0.25, 0.3) is 0 Å². The van der Waals surface area contributed by atoms with E-state index in [2.05, 4.69) is 63.6 Å². The molecule has 1 fully saturated rings. The standard InChI is InChI=1S/C16H20BrN3/c1-3-18-15(14-13(17)11-19-20(14)2)16(9-10-16)12-7-5-4-6-8-12/h4-8,11,15,18H,3,9-10H2,1-2H3. The average Bonchev–Trinajstić information content (AvgIpc) is 3.21. The van der Waals surface area contributed by atoms with Crippen LogP contribution in [-0.4, -0.2) is 16.3 Å². The van der Waals surface area contributed by atoms with Crippen LogP contribution in [0.3, 0.4) is 0 Å². The number of halogens is 1. The molecule has 106 valence electrons. The summed E-state index contributed by atoms with van der Waals surface area (Å²) in [7, 11) is 2.02. The number of benzene rings is 1. The molecule has 4 heteroatoms. The van der Waals surface area contributed by atoms with Crippen LogP contribution < -0.4 is 5.32 Å². The van der Waals surface area contributed by atoms with Crippen molar-refractivity contribution in [1.82, 2.24) is 15.1 Å². The first-order chi connectivity index (χ1) is 9.69. The van der Waals surface area contributed by atoms with E-state index in [1.807, 2.05) is 17.9 Å². The average molecular weight is 334 g/mol. The second-order valence-corrected chi connectivity index (χ2v) is 6.37. The smallest absolute Gasteiger partial charge is 0.0701 e. The van der Waals surface area contributed by atoms with Crippen LogP contribution in [0.5, 0.6) is 0 Å². The second-order valence-electron chi connectivity index (χ2n) is 5.51. The van der Waals surface area contributed by atoms with Gasteiger partial charge in [0.05, 0.1) is 22.4 Å². The fourth-order valence-corrected chi connectivity index (χ4v) is 3.73. The number of aromatic nitrogens is 2. The van der Waals surface area contributed by atoms with Gasteiger partial charge in [-0.25, -0.2) is 0 Å². The summed E-state index contributed by atoms with van der Waals surface area (Å²) >= 11 is 3.66. The Kier molecular flexibility index (Phi) is 3.69. The minimum Gasteiger partial charge on any atom is -0.308 e. The third-order valence-electron chi connectivity index (χ3n) is 4.31. The van der Waals surface area contributed by atoms with Gasteiger partial charge in [-0.15, -0.1) is 0 Å². The van der Waals surface area contributed by atoms with Gasteiger partial charge < -0.3 is 5.32 Å². The number of nitrogens with zero attached hydrogens (tertiary/aromatic N) is 2. The highest BCUT2D eigenvalue weighted by molar-refractivity contribution is 9.10. The van der Waals surface area contributed by atoms with E-state index in [0.29, 0.717) is 6.04 Å². The van der Waals surface area contributed by atoms with Crippen molar-refractivity contribution in [2.24, 2.45) is 7.05 Å².